The first-order valence-corrected chi connectivity index (χ1v) is 9.66. The Morgan fingerprint density at radius 2 is 1.75 bits per heavy atom. The number of para-hydroxylation sites is 1. The van der Waals surface area contributed by atoms with Gasteiger partial charge in [-0.3, -0.25) is 14.3 Å². The van der Waals surface area contributed by atoms with Gasteiger partial charge in [0.05, 0.1) is 5.52 Å². The molecule has 0 saturated carbocycles. The zero-order valence-electron chi connectivity index (χ0n) is 14.3. The van der Waals surface area contributed by atoms with E-state index >= 15 is 0 Å². The Labute approximate surface area is 143 Å². The summed E-state index contributed by atoms with van der Waals surface area (Å²) < 4.78 is 10.4. The predicted molar refractivity (Wildman–Crippen MR) is 97.9 cm³/mol. The molecule has 0 aliphatic heterocycles. The van der Waals surface area contributed by atoms with Crippen molar-refractivity contribution in [2.75, 3.05) is 13.2 Å². The molecule has 2 aromatic rings. The topological polar surface area (TPSA) is 114 Å². The van der Waals surface area contributed by atoms with Gasteiger partial charge in [0, 0.05) is 30.6 Å². The number of nitrogens with zero attached hydrogens (tertiary/aromatic N) is 1. The van der Waals surface area contributed by atoms with Crippen molar-refractivity contribution >= 4 is 24.3 Å². The number of pyridine rings is 1. The predicted octanol–water partition coefficient (Wildman–Crippen LogP) is 3.12. The minimum Gasteiger partial charge on any atom is -0.333 e. The summed E-state index contributed by atoms with van der Waals surface area (Å²) in [6.07, 6.45) is 3.66. The van der Waals surface area contributed by atoms with E-state index in [0.717, 1.165) is 5.52 Å². The van der Waals surface area contributed by atoms with Crippen LogP contribution in [0.2, 0.25) is 0 Å². The molecule has 1 aromatic heterocycles. The molecule has 0 amide bonds. The SMILES string of the molecule is CCC(=O)CCCCP(=O)(O)O.CN.c1ccc2ncccc2c1. The van der Waals surface area contributed by atoms with Crippen molar-refractivity contribution in [3.63, 3.8) is 0 Å². The summed E-state index contributed by atoms with van der Waals surface area (Å²) in [6.45, 7) is 1.78. The molecular formula is C17H27N2O4P. The first-order chi connectivity index (χ1) is 11.4. The Morgan fingerprint density at radius 3 is 2.33 bits per heavy atom. The lowest BCUT2D eigenvalue weighted by Gasteiger charge is -2.01. The minimum atomic E-state index is -3.85. The number of benzene rings is 1. The van der Waals surface area contributed by atoms with Crippen LogP contribution in [0, 0.1) is 0 Å². The Kier molecular flexibility index (Phi) is 11.9. The molecule has 6 nitrogen and oxygen atoms in total. The first-order valence-electron chi connectivity index (χ1n) is 7.86. The lowest BCUT2D eigenvalue weighted by molar-refractivity contribution is -0.118. The normalized spacial score (nSPS) is 10.2. The highest BCUT2D eigenvalue weighted by atomic mass is 31.2. The molecule has 134 valence electrons. The number of fused-ring (bicyclic) bond motifs is 1. The van der Waals surface area contributed by atoms with Gasteiger partial charge in [-0.05, 0) is 32.0 Å². The number of rotatable bonds is 6. The third kappa shape index (κ3) is 11.0. The van der Waals surface area contributed by atoms with E-state index in [1.807, 2.05) is 30.5 Å². The van der Waals surface area contributed by atoms with Gasteiger partial charge in [-0.25, -0.2) is 0 Å². The lowest BCUT2D eigenvalue weighted by Crippen LogP contribution is -1.96. The molecule has 4 N–H and O–H groups in total. The van der Waals surface area contributed by atoms with E-state index in [4.69, 9.17) is 9.79 Å². The van der Waals surface area contributed by atoms with Crippen LogP contribution in [-0.2, 0) is 9.36 Å². The third-order valence-corrected chi connectivity index (χ3v) is 3.96. The van der Waals surface area contributed by atoms with Crippen molar-refractivity contribution in [2.45, 2.75) is 32.6 Å². The third-order valence-electron chi connectivity index (χ3n) is 3.06. The van der Waals surface area contributed by atoms with Crippen molar-refractivity contribution in [3.05, 3.63) is 42.6 Å². The van der Waals surface area contributed by atoms with Crippen molar-refractivity contribution in [1.29, 1.82) is 0 Å². The molecule has 0 aliphatic carbocycles. The van der Waals surface area contributed by atoms with E-state index in [2.05, 4.69) is 22.9 Å². The summed E-state index contributed by atoms with van der Waals surface area (Å²) in [6, 6.07) is 12.1. The molecule has 1 aromatic carbocycles. The maximum absolute atomic E-state index is 10.7. The first kappa shape index (κ1) is 22.4. The molecular weight excluding hydrogens is 327 g/mol. The van der Waals surface area contributed by atoms with Crippen LogP contribution in [0.5, 0.6) is 0 Å². The number of hydrogen-bond donors (Lipinski definition) is 3. The maximum Gasteiger partial charge on any atom is 0.325 e. The van der Waals surface area contributed by atoms with Gasteiger partial charge in [-0.15, -0.1) is 0 Å². The van der Waals surface area contributed by atoms with E-state index in [9.17, 15) is 9.36 Å². The van der Waals surface area contributed by atoms with Crippen LogP contribution in [0.4, 0.5) is 0 Å². The van der Waals surface area contributed by atoms with Gasteiger partial charge < -0.3 is 15.5 Å². The average molecular weight is 354 g/mol. The number of hydrogen-bond acceptors (Lipinski definition) is 4. The summed E-state index contributed by atoms with van der Waals surface area (Å²) in [4.78, 5) is 31.9. The highest BCUT2D eigenvalue weighted by molar-refractivity contribution is 7.51. The fourth-order valence-electron chi connectivity index (χ4n) is 1.83. The number of ketones is 1. The van der Waals surface area contributed by atoms with Crippen LogP contribution in [0.1, 0.15) is 32.6 Å². The molecule has 7 heteroatoms. The van der Waals surface area contributed by atoms with Gasteiger partial charge in [0.2, 0.25) is 0 Å². The molecule has 0 spiro atoms. The fourth-order valence-corrected chi connectivity index (χ4v) is 2.47. The largest absolute Gasteiger partial charge is 0.333 e. The molecule has 0 saturated heterocycles. The zero-order valence-corrected chi connectivity index (χ0v) is 15.2. The lowest BCUT2D eigenvalue weighted by atomic mass is 10.1. The molecule has 0 unspecified atom stereocenters. The van der Waals surface area contributed by atoms with Crippen molar-refractivity contribution in [1.82, 2.24) is 4.98 Å². The summed E-state index contributed by atoms with van der Waals surface area (Å²) in [5.41, 5.74) is 5.56. The van der Waals surface area contributed by atoms with Gasteiger partial charge in [0.1, 0.15) is 5.78 Å². The van der Waals surface area contributed by atoms with Crippen molar-refractivity contribution in [2.24, 2.45) is 5.73 Å². The van der Waals surface area contributed by atoms with Crippen molar-refractivity contribution in [3.8, 4) is 0 Å². The Hall–Kier alpha value is -1.59. The second kappa shape index (κ2) is 12.8. The number of carbonyl (C=O) groups is 1. The molecule has 1 heterocycles. The minimum absolute atomic E-state index is 0.107. The Bertz CT molecular complexity index is 578. The van der Waals surface area contributed by atoms with E-state index in [-0.39, 0.29) is 11.9 Å². The van der Waals surface area contributed by atoms with E-state index in [0.29, 0.717) is 25.7 Å². The quantitative estimate of drug-likeness (QED) is 0.542. The summed E-state index contributed by atoms with van der Waals surface area (Å²) in [5, 5.41) is 1.20. The van der Waals surface area contributed by atoms with Gasteiger partial charge in [-0.2, -0.15) is 0 Å². The summed E-state index contributed by atoms with van der Waals surface area (Å²) in [5.74, 6) is 0.153. The maximum atomic E-state index is 10.7. The van der Waals surface area contributed by atoms with Crippen LogP contribution < -0.4 is 5.73 Å². The smallest absolute Gasteiger partial charge is 0.325 e. The van der Waals surface area contributed by atoms with E-state index < -0.39 is 7.60 Å². The van der Waals surface area contributed by atoms with Gasteiger partial charge in [0.25, 0.3) is 0 Å². The van der Waals surface area contributed by atoms with Crippen LogP contribution in [0.3, 0.4) is 0 Å². The van der Waals surface area contributed by atoms with Gasteiger partial charge in [0.15, 0.2) is 0 Å². The van der Waals surface area contributed by atoms with Crippen LogP contribution in [0.15, 0.2) is 42.6 Å². The Morgan fingerprint density at radius 1 is 1.12 bits per heavy atom. The fraction of sp³-hybridized carbons (Fsp3) is 0.412. The molecule has 24 heavy (non-hydrogen) atoms. The van der Waals surface area contributed by atoms with Gasteiger partial charge >= 0.3 is 7.60 Å². The van der Waals surface area contributed by atoms with Crippen LogP contribution in [0.25, 0.3) is 10.9 Å². The van der Waals surface area contributed by atoms with Gasteiger partial charge in [-0.1, -0.05) is 31.2 Å². The molecule has 0 atom stereocenters. The number of unbranched alkanes of at least 4 members (excludes halogenated alkanes) is 1. The second-order valence-corrected chi connectivity index (χ2v) is 6.71. The van der Waals surface area contributed by atoms with E-state index in [1.54, 1.807) is 6.92 Å². The summed E-state index contributed by atoms with van der Waals surface area (Å²) >= 11 is 0. The molecule has 0 fully saturated rings. The number of Topliss-reactive ketones (excluding diaryl/α,β-unsaturated/α-hetero) is 1. The zero-order chi connectivity index (χ0) is 18.4. The number of carbonyl (C=O) groups excluding carboxylic acids is 1. The molecule has 0 aliphatic rings. The molecule has 2 rings (SSSR count). The number of nitrogens with two attached hydrogens (primary N) is 1. The standard InChI is InChI=1S/C9H7N.C7H15O4P.CH5N/c1-2-6-9-8(4-1)5-3-7-10-9;1-2-7(8)5-3-4-6-12(9,10)11;1-2/h1-7H;2-6H2,1H3,(H2,9,10,11);2H2,1H3. The molecule has 0 bridgehead atoms. The highest BCUT2D eigenvalue weighted by Gasteiger charge is 2.11. The van der Waals surface area contributed by atoms with Crippen LogP contribution in [-0.4, -0.2) is 33.8 Å². The Balaban J connectivity index is 0.000000402. The molecule has 0 radical (unpaired) electrons. The number of aromatic nitrogens is 1. The summed E-state index contributed by atoms with van der Waals surface area (Å²) in [7, 11) is -2.35. The van der Waals surface area contributed by atoms with E-state index in [1.165, 1.54) is 12.4 Å². The average Bonchev–Trinajstić information content (AvgIpc) is 2.60. The monoisotopic (exact) mass is 354 g/mol. The highest BCUT2D eigenvalue weighted by Crippen LogP contribution is 2.35. The van der Waals surface area contributed by atoms with Crippen LogP contribution >= 0.6 is 7.60 Å². The van der Waals surface area contributed by atoms with Crippen molar-refractivity contribution < 1.29 is 19.1 Å². The second-order valence-electron chi connectivity index (χ2n) is 4.93.